The number of rotatable bonds is 15. The first-order valence-electron chi connectivity index (χ1n) is 19.5. The van der Waals surface area contributed by atoms with Gasteiger partial charge in [0.25, 0.3) is 0 Å². The summed E-state index contributed by atoms with van der Waals surface area (Å²) in [4.78, 5) is 24.7. The molecule has 0 fully saturated rings. The van der Waals surface area contributed by atoms with Gasteiger partial charge in [0.1, 0.15) is 10.0 Å². The maximum absolute atomic E-state index is 5.16. The van der Waals surface area contributed by atoms with Crippen LogP contribution in [0.25, 0.3) is 68.1 Å². The van der Waals surface area contributed by atoms with E-state index >= 15 is 0 Å². The number of fused-ring (bicyclic) bond motifs is 1. The lowest BCUT2D eigenvalue weighted by atomic mass is 10.1. The predicted octanol–water partition coefficient (Wildman–Crippen LogP) is 12.7. The molecule has 0 aliphatic carbocycles. The highest BCUT2D eigenvalue weighted by molar-refractivity contribution is 7.19. The number of aromatic nitrogens is 6. The molecule has 0 aliphatic rings. The Morgan fingerprint density at radius 2 is 1.34 bits per heavy atom. The van der Waals surface area contributed by atoms with Crippen molar-refractivity contribution < 1.29 is 0 Å². The van der Waals surface area contributed by atoms with Crippen LogP contribution in [0.3, 0.4) is 0 Å². The molecule has 0 bridgehead atoms. The van der Waals surface area contributed by atoms with Gasteiger partial charge in [0.05, 0.1) is 20.1 Å². The number of para-hydroxylation sites is 1. The summed E-state index contributed by atoms with van der Waals surface area (Å²) >= 11 is 3.33. The first kappa shape index (κ1) is 43.8. The third kappa shape index (κ3) is 9.86. The third-order valence-electron chi connectivity index (χ3n) is 9.38. The van der Waals surface area contributed by atoms with Gasteiger partial charge in [0.15, 0.2) is 17.5 Å². The van der Waals surface area contributed by atoms with Crippen molar-refractivity contribution in [2.24, 2.45) is 0 Å². The Morgan fingerprint density at radius 1 is 0.712 bits per heavy atom. The van der Waals surface area contributed by atoms with Gasteiger partial charge in [-0.05, 0) is 97.4 Å². The normalized spacial score (nSPS) is 14.2. The van der Waals surface area contributed by atoms with E-state index in [9.17, 15) is 0 Å². The van der Waals surface area contributed by atoms with Crippen molar-refractivity contribution in [3.63, 3.8) is 0 Å². The first-order valence-corrected chi connectivity index (χ1v) is 21.1. The summed E-state index contributed by atoms with van der Waals surface area (Å²) in [6.07, 6.45) is 31.7. The van der Waals surface area contributed by atoms with Gasteiger partial charge in [0.2, 0.25) is 0 Å². The van der Waals surface area contributed by atoms with Crippen LogP contribution in [0.5, 0.6) is 0 Å². The zero-order chi connectivity index (χ0) is 42.6. The average Bonchev–Trinajstić information content (AvgIpc) is 3.92. The van der Waals surface area contributed by atoms with Gasteiger partial charge in [-0.2, -0.15) is 0 Å². The van der Waals surface area contributed by atoms with Crippen LogP contribution in [0.2, 0.25) is 0 Å². The van der Waals surface area contributed by atoms with Crippen LogP contribution in [-0.4, -0.2) is 29.5 Å². The van der Waals surface area contributed by atoms with Gasteiger partial charge in [-0.15, -0.1) is 22.7 Å². The largest absolute Gasteiger partial charge is 0.317 e. The molecule has 0 amide bonds. The highest BCUT2D eigenvalue weighted by Crippen LogP contribution is 2.34. The van der Waals surface area contributed by atoms with Crippen molar-refractivity contribution in [3.05, 3.63) is 183 Å². The zero-order valence-electron chi connectivity index (χ0n) is 35.4. The van der Waals surface area contributed by atoms with Crippen LogP contribution in [-0.2, 0) is 0 Å². The fourth-order valence-electron chi connectivity index (χ4n) is 6.60. The Balaban J connectivity index is 1.60. The number of hydrogen-bond donors (Lipinski definition) is 0. The quantitative estimate of drug-likeness (QED) is 0.0985. The zero-order valence-corrected chi connectivity index (χ0v) is 37.0. The molecule has 4 heterocycles. The summed E-state index contributed by atoms with van der Waals surface area (Å²) in [6, 6.07) is 8.28. The summed E-state index contributed by atoms with van der Waals surface area (Å²) in [5.74, 6) is 1.46. The molecule has 298 valence electrons. The number of benzene rings is 1. The fraction of sp³-hybridized carbons (Fsp3) is 0.157. The van der Waals surface area contributed by atoms with Gasteiger partial charge in [-0.25, -0.2) is 24.9 Å². The smallest absolute Gasteiger partial charge is 0.164 e. The molecular weight excluding hydrogens is 761 g/mol. The Bertz CT molecular complexity index is 2730. The maximum atomic E-state index is 5.16. The van der Waals surface area contributed by atoms with Gasteiger partial charge >= 0.3 is 0 Å². The molecule has 0 saturated carbocycles. The van der Waals surface area contributed by atoms with Gasteiger partial charge in [-0.3, -0.25) is 0 Å². The van der Waals surface area contributed by atoms with Crippen LogP contribution in [0, 0.1) is 13.8 Å². The standard InChI is InChI=1S/C51H52N6S2/c1-13-23-38(24-14-2)48-54-47(55-49(56-48)39(25-15-3)26-16-4)33(9)31-44-45(20-8)58-51(53-44)37(18-6)32-40(19-7)57-35(11)41(27-17-5)42(36(57)12)30-34(10)50-52-43-28-21-22-29-46(43)59-50/h13-32H,1,3,7,9H2,2,4-6,8,10-12H3/b24-14-,26-16-,27-17-,34-30+,37-18+,38-23+,39-25+,40-32+,44-31+,45-20+. The molecule has 0 radical (unpaired) electrons. The lowest BCUT2D eigenvalue weighted by molar-refractivity contribution is 0.973. The summed E-state index contributed by atoms with van der Waals surface area (Å²) in [7, 11) is 0. The second kappa shape index (κ2) is 20.4. The van der Waals surface area contributed by atoms with Gasteiger partial charge in [-0.1, -0.05) is 111 Å². The minimum Gasteiger partial charge on any atom is -0.317 e. The fourth-order valence-corrected chi connectivity index (χ4v) is 8.51. The molecule has 0 spiro atoms. The molecule has 0 atom stereocenters. The van der Waals surface area contributed by atoms with Gasteiger partial charge in [0, 0.05) is 50.5 Å². The van der Waals surface area contributed by atoms with Crippen molar-refractivity contribution in [2.75, 3.05) is 0 Å². The topological polar surface area (TPSA) is 69.4 Å². The van der Waals surface area contributed by atoms with Crippen LogP contribution < -0.4 is 9.88 Å². The van der Waals surface area contributed by atoms with E-state index in [1.807, 2.05) is 82.4 Å². The second-order valence-electron chi connectivity index (χ2n) is 13.4. The van der Waals surface area contributed by atoms with E-state index in [1.165, 1.54) is 4.70 Å². The lowest BCUT2D eigenvalue weighted by Gasteiger charge is -2.12. The maximum Gasteiger partial charge on any atom is 0.164 e. The monoisotopic (exact) mass is 812 g/mol. The molecule has 8 heteroatoms. The van der Waals surface area contributed by atoms with Gasteiger partial charge < -0.3 is 4.57 Å². The second-order valence-corrected chi connectivity index (χ2v) is 15.5. The first-order chi connectivity index (χ1) is 28.5. The molecule has 4 aromatic heterocycles. The number of thiazole rings is 2. The molecular formula is C51H52N6S2. The van der Waals surface area contributed by atoms with E-state index in [1.54, 1.807) is 34.8 Å². The SMILES string of the molecule is C=C/C=C(\C=C/C)c1nc(C(=C)/C=c2/nc(C(=C/C)/C=C(\C=C)n3c(C)c(/C=C\C)c(/C=C(\C)c4nc5ccccc5s4)c3C)s/c2=C/C)nc(C(/C=C\C)=C/C=C)n1. The molecule has 0 N–H and O–H groups in total. The summed E-state index contributed by atoms with van der Waals surface area (Å²) in [5, 5.41) is 2.66. The van der Waals surface area contributed by atoms with Crippen molar-refractivity contribution >= 4 is 90.8 Å². The van der Waals surface area contributed by atoms with Crippen LogP contribution >= 0.6 is 22.7 Å². The molecule has 5 aromatic rings. The third-order valence-corrected chi connectivity index (χ3v) is 11.7. The lowest BCUT2D eigenvalue weighted by Crippen LogP contribution is -2.20. The Labute approximate surface area is 357 Å². The molecule has 5 rings (SSSR count). The highest BCUT2D eigenvalue weighted by Gasteiger charge is 2.19. The molecule has 0 saturated heterocycles. The minimum atomic E-state index is 0.444. The van der Waals surface area contributed by atoms with Crippen LogP contribution in [0.1, 0.15) is 91.5 Å². The molecule has 6 nitrogen and oxygen atoms in total. The van der Waals surface area contributed by atoms with E-state index in [4.69, 9.17) is 24.9 Å². The predicted molar refractivity (Wildman–Crippen MR) is 261 cm³/mol. The number of hydrogen-bond acceptors (Lipinski definition) is 7. The van der Waals surface area contributed by atoms with Crippen molar-refractivity contribution in [1.82, 2.24) is 29.5 Å². The molecule has 1 aromatic carbocycles. The van der Waals surface area contributed by atoms with E-state index in [-0.39, 0.29) is 0 Å². The molecule has 59 heavy (non-hydrogen) atoms. The Morgan fingerprint density at radius 3 is 1.90 bits per heavy atom. The van der Waals surface area contributed by atoms with Crippen molar-refractivity contribution in [1.29, 1.82) is 0 Å². The summed E-state index contributed by atoms with van der Waals surface area (Å²) in [5.41, 5.74) is 10.8. The van der Waals surface area contributed by atoms with E-state index in [0.29, 0.717) is 23.0 Å². The van der Waals surface area contributed by atoms with Crippen LogP contribution in [0.15, 0.2) is 123 Å². The number of allylic oxidation sites excluding steroid dienone is 18. The van der Waals surface area contributed by atoms with E-state index in [2.05, 4.69) is 113 Å². The minimum absolute atomic E-state index is 0.444. The number of nitrogens with zero attached hydrogens (tertiary/aromatic N) is 6. The van der Waals surface area contributed by atoms with E-state index < -0.39 is 0 Å². The Kier molecular flexibility index (Phi) is 15.1. The highest BCUT2D eigenvalue weighted by atomic mass is 32.1. The summed E-state index contributed by atoms with van der Waals surface area (Å²) < 4.78 is 4.47. The van der Waals surface area contributed by atoms with Crippen molar-refractivity contribution in [2.45, 2.75) is 55.4 Å². The average molecular weight is 813 g/mol. The van der Waals surface area contributed by atoms with Crippen molar-refractivity contribution in [3.8, 4) is 0 Å². The molecule has 0 unspecified atom stereocenters. The Hall–Kier alpha value is -6.35. The van der Waals surface area contributed by atoms with Crippen LogP contribution in [0.4, 0.5) is 0 Å². The summed E-state index contributed by atoms with van der Waals surface area (Å²) in [6.45, 7) is 33.0. The van der Waals surface area contributed by atoms with E-state index in [0.717, 1.165) is 75.9 Å². The molecule has 0 aliphatic heterocycles.